The minimum Gasteiger partial charge on any atom is -0.326 e. The molecule has 2 aromatic carbocycles. The van der Waals surface area contributed by atoms with Crippen LogP contribution in [-0.2, 0) is 11.3 Å². The van der Waals surface area contributed by atoms with Gasteiger partial charge in [0.25, 0.3) is 5.91 Å². The first-order chi connectivity index (χ1) is 15.6. The van der Waals surface area contributed by atoms with Gasteiger partial charge < -0.3 is 10.6 Å². The van der Waals surface area contributed by atoms with Crippen LogP contribution in [0.5, 0.6) is 0 Å². The maximum Gasteiger partial charge on any atom is 0.350 e. The zero-order valence-electron chi connectivity index (χ0n) is 17.2. The van der Waals surface area contributed by atoms with E-state index in [1.54, 1.807) is 48.7 Å². The predicted molar refractivity (Wildman–Crippen MR) is 121 cm³/mol. The van der Waals surface area contributed by atoms with Gasteiger partial charge in [0.2, 0.25) is 5.91 Å². The summed E-state index contributed by atoms with van der Waals surface area (Å²) in [5.74, 6) is -0.0995. The number of carbonyl (C=O) groups excluding carboxylic acids is 2. The van der Waals surface area contributed by atoms with Crippen molar-refractivity contribution in [2.24, 2.45) is 5.92 Å². The molecule has 1 fully saturated rings. The molecule has 0 spiro atoms. The molecule has 0 radical (unpaired) electrons. The number of amides is 2. The van der Waals surface area contributed by atoms with E-state index in [2.05, 4.69) is 15.7 Å². The van der Waals surface area contributed by atoms with Crippen LogP contribution < -0.4 is 16.3 Å². The molecule has 0 aliphatic heterocycles. The minimum absolute atomic E-state index is 0.0312. The molecule has 1 aliphatic carbocycles. The number of hydrogen-bond acceptors (Lipinski definition) is 4. The molecule has 8 heteroatoms. The van der Waals surface area contributed by atoms with Crippen LogP contribution >= 0.6 is 0 Å². The van der Waals surface area contributed by atoms with Gasteiger partial charge in [-0.15, -0.1) is 5.10 Å². The predicted octanol–water partition coefficient (Wildman–Crippen LogP) is 3.15. The quantitative estimate of drug-likeness (QED) is 0.494. The van der Waals surface area contributed by atoms with Crippen molar-refractivity contribution in [3.05, 3.63) is 94.5 Å². The average Bonchev–Trinajstić information content (AvgIpc) is 3.61. The molecule has 4 aromatic rings. The molecule has 1 aliphatic rings. The van der Waals surface area contributed by atoms with Crippen molar-refractivity contribution >= 4 is 28.8 Å². The van der Waals surface area contributed by atoms with Gasteiger partial charge in [-0.3, -0.25) is 14.0 Å². The third kappa shape index (κ3) is 4.15. The van der Waals surface area contributed by atoms with E-state index in [9.17, 15) is 14.4 Å². The molecular formula is C24H21N5O3. The van der Waals surface area contributed by atoms with Crippen molar-refractivity contribution in [1.82, 2.24) is 14.2 Å². The van der Waals surface area contributed by atoms with Gasteiger partial charge in [-0.1, -0.05) is 18.2 Å². The number of pyridine rings is 1. The summed E-state index contributed by atoms with van der Waals surface area (Å²) in [6, 6.07) is 19.5. The Hall–Kier alpha value is -4.20. The van der Waals surface area contributed by atoms with Gasteiger partial charge >= 0.3 is 5.69 Å². The van der Waals surface area contributed by atoms with Crippen LogP contribution in [0.3, 0.4) is 0 Å². The Balaban J connectivity index is 1.27. The van der Waals surface area contributed by atoms with Gasteiger partial charge in [0.15, 0.2) is 5.65 Å². The van der Waals surface area contributed by atoms with E-state index >= 15 is 0 Å². The van der Waals surface area contributed by atoms with Gasteiger partial charge in [0.05, 0.1) is 6.54 Å². The molecule has 8 nitrogen and oxygen atoms in total. The highest BCUT2D eigenvalue weighted by Crippen LogP contribution is 2.30. The fraction of sp³-hybridized carbons (Fsp3) is 0.167. The van der Waals surface area contributed by atoms with Crippen molar-refractivity contribution in [2.75, 3.05) is 10.6 Å². The highest BCUT2D eigenvalue weighted by Gasteiger charge is 2.29. The van der Waals surface area contributed by atoms with Crippen LogP contribution in [0.1, 0.15) is 28.8 Å². The van der Waals surface area contributed by atoms with Crippen molar-refractivity contribution in [3.8, 4) is 0 Å². The number of nitrogens with zero attached hydrogens (tertiary/aromatic N) is 3. The standard InChI is InChI=1S/C24H21N5O3/c30-22(17-7-8-17)25-19-11-9-18(10-12-19)23(31)26-20-5-3-4-16(14-20)15-29-24(32)28-13-2-1-6-21(28)27-29/h1-6,9-14,17H,7-8,15H2,(H,25,30)(H,26,31). The number of rotatable bonds is 6. The van der Waals surface area contributed by atoms with Crippen LogP contribution in [0.4, 0.5) is 11.4 Å². The third-order valence-corrected chi connectivity index (χ3v) is 5.37. The lowest BCUT2D eigenvalue weighted by atomic mass is 10.1. The van der Waals surface area contributed by atoms with Crippen LogP contribution in [0.25, 0.3) is 5.65 Å². The number of carbonyl (C=O) groups is 2. The molecule has 5 rings (SSSR count). The molecule has 2 N–H and O–H groups in total. The number of fused-ring (bicyclic) bond motifs is 1. The molecule has 32 heavy (non-hydrogen) atoms. The van der Waals surface area contributed by atoms with Crippen molar-refractivity contribution in [2.45, 2.75) is 19.4 Å². The maximum absolute atomic E-state index is 12.6. The van der Waals surface area contributed by atoms with Gasteiger partial charge in [-0.2, -0.15) is 0 Å². The SMILES string of the molecule is O=C(Nc1cccc(Cn2nc3ccccn3c2=O)c1)c1ccc(NC(=O)C2CC2)cc1. The first kappa shape index (κ1) is 19.7. The largest absolute Gasteiger partial charge is 0.350 e. The number of benzene rings is 2. The molecule has 0 bridgehead atoms. The minimum atomic E-state index is -0.257. The van der Waals surface area contributed by atoms with Gasteiger partial charge in [0, 0.05) is 29.1 Å². The zero-order valence-corrected chi connectivity index (χ0v) is 17.2. The lowest BCUT2D eigenvalue weighted by Gasteiger charge is -2.09. The Bertz CT molecular complexity index is 1370. The van der Waals surface area contributed by atoms with E-state index in [0.29, 0.717) is 29.1 Å². The summed E-state index contributed by atoms with van der Waals surface area (Å²) in [4.78, 5) is 37.0. The molecule has 2 heterocycles. The van der Waals surface area contributed by atoms with Gasteiger partial charge in [-0.05, 0) is 66.9 Å². The number of anilines is 2. The third-order valence-electron chi connectivity index (χ3n) is 5.37. The van der Waals surface area contributed by atoms with E-state index in [-0.39, 0.29) is 23.4 Å². The van der Waals surface area contributed by atoms with Crippen molar-refractivity contribution < 1.29 is 9.59 Å². The summed E-state index contributed by atoms with van der Waals surface area (Å²) in [6.45, 7) is 0.291. The van der Waals surface area contributed by atoms with E-state index in [4.69, 9.17) is 0 Å². The highest BCUT2D eigenvalue weighted by atomic mass is 16.2. The summed E-state index contributed by atoms with van der Waals surface area (Å²) in [6.07, 6.45) is 3.56. The lowest BCUT2D eigenvalue weighted by Crippen LogP contribution is -2.21. The second-order valence-electron chi connectivity index (χ2n) is 7.86. The van der Waals surface area contributed by atoms with E-state index in [1.807, 2.05) is 24.3 Å². The Morgan fingerprint density at radius 3 is 2.50 bits per heavy atom. The summed E-state index contributed by atoms with van der Waals surface area (Å²) < 4.78 is 2.88. The van der Waals surface area contributed by atoms with E-state index in [1.165, 1.54) is 9.08 Å². The van der Waals surface area contributed by atoms with Crippen molar-refractivity contribution in [3.63, 3.8) is 0 Å². The lowest BCUT2D eigenvalue weighted by molar-refractivity contribution is -0.117. The van der Waals surface area contributed by atoms with Crippen molar-refractivity contribution in [1.29, 1.82) is 0 Å². The number of nitrogens with one attached hydrogen (secondary N) is 2. The monoisotopic (exact) mass is 427 g/mol. The molecule has 2 amide bonds. The topological polar surface area (TPSA) is 97.5 Å². The van der Waals surface area contributed by atoms with Crippen LogP contribution in [0.15, 0.2) is 77.7 Å². The van der Waals surface area contributed by atoms with E-state index in [0.717, 1.165) is 18.4 Å². The van der Waals surface area contributed by atoms with Crippen LogP contribution in [-0.4, -0.2) is 26.0 Å². The number of hydrogen-bond donors (Lipinski definition) is 2. The summed E-state index contributed by atoms with van der Waals surface area (Å²) >= 11 is 0. The molecule has 1 saturated carbocycles. The van der Waals surface area contributed by atoms with Crippen LogP contribution in [0.2, 0.25) is 0 Å². The molecular weight excluding hydrogens is 406 g/mol. The zero-order chi connectivity index (χ0) is 22.1. The fourth-order valence-corrected chi connectivity index (χ4v) is 3.49. The molecule has 0 unspecified atom stereocenters. The summed E-state index contributed by atoms with van der Waals surface area (Å²) in [5.41, 5.74) is 2.99. The molecule has 2 aromatic heterocycles. The highest BCUT2D eigenvalue weighted by molar-refractivity contribution is 6.04. The number of aromatic nitrogens is 3. The molecule has 0 saturated heterocycles. The fourth-order valence-electron chi connectivity index (χ4n) is 3.49. The Morgan fingerprint density at radius 2 is 1.75 bits per heavy atom. The first-order valence-electron chi connectivity index (χ1n) is 10.4. The Kier molecular flexibility index (Phi) is 5.03. The van der Waals surface area contributed by atoms with Crippen LogP contribution in [0, 0.1) is 5.92 Å². The Morgan fingerprint density at radius 1 is 0.938 bits per heavy atom. The molecule has 0 atom stereocenters. The van der Waals surface area contributed by atoms with Gasteiger partial charge in [0.1, 0.15) is 0 Å². The summed E-state index contributed by atoms with van der Waals surface area (Å²) in [5, 5.41) is 10.1. The maximum atomic E-state index is 12.6. The molecule has 160 valence electrons. The second-order valence-corrected chi connectivity index (χ2v) is 7.86. The Labute approximate surface area is 183 Å². The van der Waals surface area contributed by atoms with E-state index < -0.39 is 0 Å². The van der Waals surface area contributed by atoms with Gasteiger partial charge in [-0.25, -0.2) is 9.48 Å². The second kappa shape index (κ2) is 8.14. The smallest absolute Gasteiger partial charge is 0.326 e. The normalized spacial score (nSPS) is 13.1. The average molecular weight is 427 g/mol. The summed E-state index contributed by atoms with van der Waals surface area (Å²) in [7, 11) is 0. The first-order valence-corrected chi connectivity index (χ1v) is 10.4.